The number of hydrogen-bond donors (Lipinski definition) is 1. The minimum Gasteiger partial charge on any atom is -0.341 e. The topological polar surface area (TPSA) is 49.4 Å². The highest BCUT2D eigenvalue weighted by Gasteiger charge is 2.40. The van der Waals surface area contributed by atoms with Crippen molar-refractivity contribution in [3.05, 3.63) is 27.1 Å². The molecule has 1 aromatic rings. The van der Waals surface area contributed by atoms with Crippen molar-refractivity contribution in [3.63, 3.8) is 0 Å². The van der Waals surface area contributed by atoms with Crippen molar-refractivity contribution in [3.8, 4) is 0 Å². The fraction of sp³-hybridized carbons (Fsp3) is 0.333. The molecule has 0 unspecified atom stereocenters. The lowest BCUT2D eigenvalue weighted by Crippen LogP contribution is -2.64. The van der Waals surface area contributed by atoms with E-state index in [1.807, 2.05) is 12.1 Å². The van der Waals surface area contributed by atoms with Gasteiger partial charge in [0.15, 0.2) is 0 Å². The Hall–Kier alpha value is -0.880. The molecule has 1 aliphatic rings. The maximum Gasteiger partial charge on any atom is 0.252 e. The number of piperazine rings is 1. The van der Waals surface area contributed by atoms with Gasteiger partial charge >= 0.3 is 0 Å². The molecule has 0 bridgehead atoms. The average Bonchev–Trinajstić information content (AvgIpc) is 2.23. The molecule has 1 heterocycles. The normalized spacial score (nSPS) is 18.8. The van der Waals surface area contributed by atoms with Crippen molar-refractivity contribution in [1.29, 1.82) is 0 Å². The Morgan fingerprint density at radius 3 is 2.56 bits per heavy atom. The average molecular weight is 376 g/mol. The standard InChI is InChI=1S/C12H12Br2N2O2/c1-12(2)11(18)16(6-10(17)15-12)9-4-3-7(13)5-8(9)14/h3-5H,6H2,1-2H3,(H,15,17). The van der Waals surface area contributed by atoms with Gasteiger partial charge in [-0.05, 0) is 48.0 Å². The second-order valence-electron chi connectivity index (χ2n) is 4.66. The number of halogens is 2. The Balaban J connectivity index is 2.43. The van der Waals surface area contributed by atoms with E-state index >= 15 is 0 Å². The predicted octanol–water partition coefficient (Wildman–Crippen LogP) is 2.45. The molecule has 4 nitrogen and oxygen atoms in total. The van der Waals surface area contributed by atoms with Crippen molar-refractivity contribution < 1.29 is 9.59 Å². The largest absolute Gasteiger partial charge is 0.341 e. The lowest BCUT2D eigenvalue weighted by atomic mass is 10.00. The zero-order valence-corrected chi connectivity index (χ0v) is 13.1. The molecule has 18 heavy (non-hydrogen) atoms. The van der Waals surface area contributed by atoms with Gasteiger partial charge in [0, 0.05) is 8.95 Å². The van der Waals surface area contributed by atoms with Gasteiger partial charge in [0.2, 0.25) is 5.91 Å². The van der Waals surface area contributed by atoms with Crippen LogP contribution in [0.3, 0.4) is 0 Å². The minimum atomic E-state index is -0.873. The van der Waals surface area contributed by atoms with Crippen LogP contribution in [-0.2, 0) is 9.59 Å². The smallest absolute Gasteiger partial charge is 0.252 e. The van der Waals surface area contributed by atoms with E-state index in [4.69, 9.17) is 0 Å². The number of hydrogen-bond acceptors (Lipinski definition) is 2. The maximum atomic E-state index is 12.3. The van der Waals surface area contributed by atoms with Crippen molar-refractivity contribution in [2.24, 2.45) is 0 Å². The molecular weight excluding hydrogens is 364 g/mol. The minimum absolute atomic E-state index is 0.0441. The number of carbonyl (C=O) groups is 2. The van der Waals surface area contributed by atoms with Gasteiger partial charge in [-0.1, -0.05) is 15.9 Å². The third-order valence-electron chi connectivity index (χ3n) is 2.73. The number of benzene rings is 1. The van der Waals surface area contributed by atoms with Gasteiger partial charge in [-0.3, -0.25) is 14.5 Å². The van der Waals surface area contributed by atoms with Gasteiger partial charge in [-0.15, -0.1) is 0 Å². The maximum absolute atomic E-state index is 12.3. The Kier molecular flexibility index (Phi) is 3.51. The third-order valence-corrected chi connectivity index (χ3v) is 3.86. The Morgan fingerprint density at radius 2 is 1.94 bits per heavy atom. The number of anilines is 1. The van der Waals surface area contributed by atoms with Gasteiger partial charge in [-0.25, -0.2) is 0 Å². The molecule has 0 atom stereocenters. The quantitative estimate of drug-likeness (QED) is 0.819. The second kappa shape index (κ2) is 4.66. The summed E-state index contributed by atoms with van der Waals surface area (Å²) in [6.07, 6.45) is 0. The zero-order valence-electron chi connectivity index (χ0n) is 9.96. The summed E-state index contributed by atoms with van der Waals surface area (Å²) in [5, 5.41) is 2.68. The van der Waals surface area contributed by atoms with Crippen LogP contribution in [0.15, 0.2) is 27.1 Å². The third kappa shape index (κ3) is 2.44. The number of nitrogens with one attached hydrogen (secondary N) is 1. The van der Waals surface area contributed by atoms with E-state index < -0.39 is 5.54 Å². The first-order chi connectivity index (χ1) is 8.31. The highest BCUT2D eigenvalue weighted by Crippen LogP contribution is 2.31. The van der Waals surface area contributed by atoms with Crippen molar-refractivity contribution >= 4 is 49.4 Å². The van der Waals surface area contributed by atoms with Crippen LogP contribution in [0.2, 0.25) is 0 Å². The summed E-state index contributed by atoms with van der Waals surface area (Å²) in [4.78, 5) is 25.5. The molecule has 1 fully saturated rings. The first kappa shape index (κ1) is 13.5. The number of nitrogens with zero attached hydrogens (tertiary/aromatic N) is 1. The molecule has 96 valence electrons. The second-order valence-corrected chi connectivity index (χ2v) is 6.43. The fourth-order valence-corrected chi connectivity index (χ4v) is 3.15. The summed E-state index contributed by atoms with van der Waals surface area (Å²) >= 11 is 6.77. The number of rotatable bonds is 1. The van der Waals surface area contributed by atoms with Crippen LogP contribution in [0.1, 0.15) is 13.8 Å². The molecule has 0 spiro atoms. The van der Waals surface area contributed by atoms with Crippen molar-refractivity contribution in [2.75, 3.05) is 11.4 Å². The van der Waals surface area contributed by atoms with Gasteiger partial charge in [0.05, 0.1) is 5.69 Å². The summed E-state index contributed by atoms with van der Waals surface area (Å²) in [6.45, 7) is 3.45. The molecule has 1 aromatic carbocycles. The van der Waals surface area contributed by atoms with E-state index in [9.17, 15) is 9.59 Å². The zero-order chi connectivity index (χ0) is 13.5. The molecule has 2 rings (SSSR count). The molecule has 2 amide bonds. The molecule has 1 aliphatic heterocycles. The highest BCUT2D eigenvalue weighted by molar-refractivity contribution is 9.11. The van der Waals surface area contributed by atoms with Crippen molar-refractivity contribution in [1.82, 2.24) is 5.32 Å². The molecule has 0 aliphatic carbocycles. The summed E-state index contributed by atoms with van der Waals surface area (Å²) in [6, 6.07) is 5.50. The first-order valence-electron chi connectivity index (χ1n) is 5.39. The molecule has 0 aromatic heterocycles. The molecule has 1 saturated heterocycles. The lowest BCUT2D eigenvalue weighted by molar-refractivity contribution is -0.134. The fourth-order valence-electron chi connectivity index (χ4n) is 1.89. The molecule has 0 radical (unpaired) electrons. The number of amides is 2. The molecule has 1 N–H and O–H groups in total. The van der Waals surface area contributed by atoms with Gasteiger partial charge in [0.25, 0.3) is 5.91 Å². The van der Waals surface area contributed by atoms with Crippen molar-refractivity contribution in [2.45, 2.75) is 19.4 Å². The van der Waals surface area contributed by atoms with Gasteiger partial charge < -0.3 is 5.32 Å². The summed E-state index contributed by atoms with van der Waals surface area (Å²) in [7, 11) is 0. The van der Waals surface area contributed by atoms with E-state index in [0.717, 1.165) is 8.95 Å². The van der Waals surface area contributed by atoms with E-state index in [-0.39, 0.29) is 18.4 Å². The van der Waals surface area contributed by atoms with Crippen LogP contribution in [0.4, 0.5) is 5.69 Å². The highest BCUT2D eigenvalue weighted by atomic mass is 79.9. The summed E-state index contributed by atoms with van der Waals surface area (Å²) < 4.78 is 1.68. The van der Waals surface area contributed by atoms with Crippen LogP contribution < -0.4 is 10.2 Å². The van der Waals surface area contributed by atoms with E-state index in [0.29, 0.717) is 5.69 Å². The Labute approximate surface area is 122 Å². The van der Waals surface area contributed by atoms with Crippen LogP contribution in [0.25, 0.3) is 0 Å². The SMILES string of the molecule is CC1(C)NC(=O)CN(c2ccc(Br)cc2Br)C1=O. The Morgan fingerprint density at radius 1 is 1.28 bits per heavy atom. The predicted molar refractivity (Wildman–Crippen MR) is 76.4 cm³/mol. The molecule has 0 saturated carbocycles. The van der Waals surface area contributed by atoms with E-state index in [2.05, 4.69) is 37.2 Å². The van der Waals surface area contributed by atoms with Crippen LogP contribution in [0.5, 0.6) is 0 Å². The van der Waals surface area contributed by atoms with Crippen LogP contribution in [0, 0.1) is 0 Å². The van der Waals surface area contributed by atoms with Gasteiger partial charge in [0.1, 0.15) is 12.1 Å². The lowest BCUT2D eigenvalue weighted by Gasteiger charge is -2.37. The summed E-state index contributed by atoms with van der Waals surface area (Å²) in [5.74, 6) is -0.278. The molecular formula is C12H12Br2N2O2. The molecule has 6 heteroatoms. The van der Waals surface area contributed by atoms with Crippen LogP contribution >= 0.6 is 31.9 Å². The number of carbonyl (C=O) groups excluding carboxylic acids is 2. The Bertz CT molecular complexity index is 529. The van der Waals surface area contributed by atoms with Crippen LogP contribution in [-0.4, -0.2) is 23.9 Å². The summed E-state index contributed by atoms with van der Waals surface area (Å²) in [5.41, 5.74) is -0.173. The van der Waals surface area contributed by atoms with Gasteiger partial charge in [-0.2, -0.15) is 0 Å². The first-order valence-corrected chi connectivity index (χ1v) is 6.98. The monoisotopic (exact) mass is 374 g/mol. The van der Waals surface area contributed by atoms with E-state index in [1.54, 1.807) is 19.9 Å². The van der Waals surface area contributed by atoms with E-state index in [1.165, 1.54) is 4.90 Å².